The average molecular weight is 340 g/mol. The highest BCUT2D eigenvalue weighted by Crippen LogP contribution is 2.66. The highest BCUT2D eigenvalue weighted by molar-refractivity contribution is 5.87. The molecular formula is C20H24N2O3. The first kappa shape index (κ1) is 16.2. The molecule has 0 amide bonds. The van der Waals surface area contributed by atoms with Crippen LogP contribution in [0.3, 0.4) is 0 Å². The first-order valence-electron chi connectivity index (χ1n) is 8.81. The zero-order valence-corrected chi connectivity index (χ0v) is 15.2. The maximum absolute atomic E-state index is 13.1. The van der Waals surface area contributed by atoms with Crippen molar-refractivity contribution in [3.05, 3.63) is 57.0 Å². The Hall–Kier alpha value is -2.30. The van der Waals surface area contributed by atoms with E-state index in [-0.39, 0.29) is 22.0 Å². The van der Waals surface area contributed by atoms with Crippen LogP contribution >= 0.6 is 0 Å². The number of carboxylic acid groups (broad SMARTS) is 1. The van der Waals surface area contributed by atoms with Gasteiger partial charge in [-0.3, -0.25) is 9.48 Å². The molecule has 2 aliphatic rings. The van der Waals surface area contributed by atoms with Crippen molar-refractivity contribution in [3.63, 3.8) is 0 Å². The highest BCUT2D eigenvalue weighted by atomic mass is 16.4. The van der Waals surface area contributed by atoms with E-state index in [4.69, 9.17) is 5.11 Å². The van der Waals surface area contributed by atoms with Crippen molar-refractivity contribution in [2.75, 3.05) is 0 Å². The lowest BCUT2D eigenvalue weighted by Gasteiger charge is -2.36. The van der Waals surface area contributed by atoms with E-state index in [1.54, 1.807) is 28.9 Å². The predicted octanol–water partition coefficient (Wildman–Crippen LogP) is 3.11. The summed E-state index contributed by atoms with van der Waals surface area (Å²) in [5.74, 6) is -0.602. The Morgan fingerprint density at radius 3 is 2.44 bits per heavy atom. The van der Waals surface area contributed by atoms with Gasteiger partial charge in [-0.15, -0.1) is 0 Å². The van der Waals surface area contributed by atoms with Gasteiger partial charge in [-0.25, -0.2) is 9.48 Å². The van der Waals surface area contributed by atoms with Crippen LogP contribution in [0.25, 0.3) is 0 Å². The van der Waals surface area contributed by atoms with Gasteiger partial charge in [0.25, 0.3) is 5.56 Å². The molecule has 5 nitrogen and oxygen atoms in total. The molecule has 2 atom stereocenters. The fourth-order valence-electron chi connectivity index (χ4n) is 5.17. The van der Waals surface area contributed by atoms with Crippen LogP contribution in [0.15, 0.2) is 29.1 Å². The Kier molecular flexibility index (Phi) is 3.15. The molecule has 0 spiro atoms. The molecule has 2 aliphatic carbocycles. The predicted molar refractivity (Wildman–Crippen MR) is 95.3 cm³/mol. The number of carbonyl (C=O) groups is 1. The molecule has 4 rings (SSSR count). The fraction of sp³-hybridized carbons (Fsp3) is 0.500. The molecule has 5 heteroatoms. The van der Waals surface area contributed by atoms with Gasteiger partial charge in [0.2, 0.25) is 0 Å². The topological polar surface area (TPSA) is 64.2 Å². The fourth-order valence-corrected chi connectivity index (χ4v) is 5.17. The van der Waals surface area contributed by atoms with E-state index in [2.05, 4.69) is 20.8 Å². The van der Waals surface area contributed by atoms with Gasteiger partial charge in [-0.1, -0.05) is 32.9 Å². The molecule has 132 valence electrons. The summed E-state index contributed by atoms with van der Waals surface area (Å²) in [7, 11) is 1.98. The maximum atomic E-state index is 13.1. The maximum Gasteiger partial charge on any atom is 0.335 e. The van der Waals surface area contributed by atoms with Crippen LogP contribution in [0.4, 0.5) is 0 Å². The number of aromatic carboxylic acids is 1. The lowest BCUT2D eigenvalue weighted by atomic mass is 9.70. The Balaban J connectivity index is 1.77. The lowest BCUT2D eigenvalue weighted by Crippen LogP contribution is -2.35. The van der Waals surface area contributed by atoms with E-state index in [1.165, 1.54) is 5.69 Å². The van der Waals surface area contributed by atoms with Gasteiger partial charge in [0.15, 0.2) is 0 Å². The lowest BCUT2D eigenvalue weighted by molar-refractivity contribution is 0.0697. The summed E-state index contributed by atoms with van der Waals surface area (Å²) < 4.78 is 3.84. The van der Waals surface area contributed by atoms with Gasteiger partial charge in [-0.2, -0.15) is 0 Å². The molecule has 1 saturated carbocycles. The minimum Gasteiger partial charge on any atom is -0.478 e. The van der Waals surface area contributed by atoms with Crippen molar-refractivity contribution < 1.29 is 9.90 Å². The first-order chi connectivity index (χ1) is 11.7. The van der Waals surface area contributed by atoms with E-state index >= 15 is 0 Å². The van der Waals surface area contributed by atoms with E-state index in [0.29, 0.717) is 12.5 Å². The monoisotopic (exact) mass is 340 g/mol. The summed E-state index contributed by atoms with van der Waals surface area (Å²) >= 11 is 0. The second-order valence-corrected chi connectivity index (χ2v) is 8.30. The van der Waals surface area contributed by atoms with Gasteiger partial charge in [0.05, 0.1) is 17.8 Å². The highest BCUT2D eigenvalue weighted by Gasteiger charge is 2.62. The largest absolute Gasteiger partial charge is 0.478 e. The number of nitrogens with zero attached hydrogens (tertiary/aromatic N) is 2. The molecule has 1 fully saturated rings. The van der Waals surface area contributed by atoms with E-state index in [1.807, 2.05) is 11.7 Å². The molecule has 1 N–H and O–H groups in total. The molecule has 1 heterocycles. The summed E-state index contributed by atoms with van der Waals surface area (Å²) in [6, 6.07) is 6.75. The van der Waals surface area contributed by atoms with Crippen molar-refractivity contribution >= 4 is 5.97 Å². The molecule has 2 bridgehead atoms. The van der Waals surface area contributed by atoms with Crippen molar-refractivity contribution in [2.24, 2.45) is 12.5 Å². The van der Waals surface area contributed by atoms with Crippen LogP contribution in [-0.4, -0.2) is 20.4 Å². The molecule has 1 aromatic carbocycles. The van der Waals surface area contributed by atoms with Gasteiger partial charge in [0, 0.05) is 18.0 Å². The molecule has 2 unspecified atom stereocenters. The number of hydrogen-bond acceptors (Lipinski definition) is 2. The number of hydrogen-bond donors (Lipinski definition) is 1. The number of benzene rings is 1. The Labute approximate surface area is 146 Å². The molecule has 0 saturated heterocycles. The number of aromatic nitrogens is 2. The zero-order valence-electron chi connectivity index (χ0n) is 15.2. The molecule has 25 heavy (non-hydrogen) atoms. The van der Waals surface area contributed by atoms with Gasteiger partial charge >= 0.3 is 5.97 Å². The standard InChI is InChI=1S/C20H24N2O3/c1-19(2)14-9-10-20(19,3)16-15(14)17(23)22(21(16)4)11-12-5-7-13(8-6-12)18(24)25/h5-8,14H,9-11H2,1-4H3,(H,24,25). The summed E-state index contributed by atoms with van der Waals surface area (Å²) in [5, 5.41) is 9.02. The Morgan fingerprint density at radius 2 is 1.88 bits per heavy atom. The summed E-state index contributed by atoms with van der Waals surface area (Å²) in [5.41, 5.74) is 3.67. The van der Waals surface area contributed by atoms with Crippen molar-refractivity contribution in [2.45, 2.75) is 51.5 Å². The van der Waals surface area contributed by atoms with Crippen LogP contribution in [0.1, 0.15) is 66.7 Å². The third-order valence-corrected chi connectivity index (χ3v) is 7.04. The first-order valence-corrected chi connectivity index (χ1v) is 8.81. The molecule has 0 radical (unpaired) electrons. The zero-order chi connectivity index (χ0) is 18.1. The second kappa shape index (κ2) is 4.87. The molecule has 2 aromatic rings. The third-order valence-electron chi connectivity index (χ3n) is 7.04. The number of fused-ring (bicyclic) bond motifs is 5. The van der Waals surface area contributed by atoms with Crippen LogP contribution < -0.4 is 5.56 Å². The smallest absolute Gasteiger partial charge is 0.335 e. The molecule has 1 aromatic heterocycles. The van der Waals surface area contributed by atoms with Gasteiger partial charge in [0.1, 0.15) is 0 Å². The van der Waals surface area contributed by atoms with Gasteiger partial charge in [-0.05, 0) is 41.9 Å². The summed E-state index contributed by atoms with van der Waals surface area (Å²) in [6.07, 6.45) is 2.21. The normalized spacial score (nSPS) is 26.0. The molecule has 0 aliphatic heterocycles. The molecular weight excluding hydrogens is 316 g/mol. The summed E-state index contributed by atoms with van der Waals surface area (Å²) in [6.45, 7) is 7.34. The van der Waals surface area contributed by atoms with Crippen molar-refractivity contribution in [1.82, 2.24) is 9.36 Å². The average Bonchev–Trinajstić information content (AvgIpc) is 3.01. The van der Waals surface area contributed by atoms with E-state index < -0.39 is 5.97 Å². The van der Waals surface area contributed by atoms with E-state index in [0.717, 1.165) is 24.0 Å². The van der Waals surface area contributed by atoms with Crippen LogP contribution in [0.2, 0.25) is 0 Å². The van der Waals surface area contributed by atoms with Crippen LogP contribution in [-0.2, 0) is 19.0 Å². The Morgan fingerprint density at radius 1 is 1.24 bits per heavy atom. The van der Waals surface area contributed by atoms with Crippen LogP contribution in [0, 0.1) is 5.41 Å². The quantitative estimate of drug-likeness (QED) is 0.934. The number of carboxylic acids is 1. The van der Waals surface area contributed by atoms with Crippen molar-refractivity contribution in [1.29, 1.82) is 0 Å². The Bertz CT molecular complexity index is 933. The number of rotatable bonds is 3. The minimum absolute atomic E-state index is 0.0410. The third kappa shape index (κ3) is 1.89. The summed E-state index contributed by atoms with van der Waals surface area (Å²) in [4.78, 5) is 24.1. The van der Waals surface area contributed by atoms with Crippen molar-refractivity contribution in [3.8, 4) is 0 Å². The van der Waals surface area contributed by atoms with Gasteiger partial charge < -0.3 is 5.11 Å². The van der Waals surface area contributed by atoms with Crippen LogP contribution in [0.5, 0.6) is 0 Å². The SMILES string of the molecule is Cn1c2c(c(=O)n1Cc1ccc(C(=O)O)cc1)C1CCC2(C)C1(C)C. The second-order valence-electron chi connectivity index (χ2n) is 8.30. The van der Waals surface area contributed by atoms with E-state index in [9.17, 15) is 9.59 Å². The minimum atomic E-state index is -0.937.